The zero-order valence-corrected chi connectivity index (χ0v) is 36.8. The van der Waals surface area contributed by atoms with Gasteiger partial charge in [-0.05, 0) is 99.4 Å². The predicted molar refractivity (Wildman–Crippen MR) is 246 cm³/mol. The van der Waals surface area contributed by atoms with Crippen LogP contribution in [0.3, 0.4) is 0 Å². The lowest BCUT2D eigenvalue weighted by molar-refractivity contribution is -0.117. The van der Waals surface area contributed by atoms with Crippen LogP contribution in [0.15, 0.2) is 61.6 Å². The first-order valence-electron chi connectivity index (χ1n) is 22.2. The van der Waals surface area contributed by atoms with Crippen LogP contribution in [0.5, 0.6) is 5.75 Å². The molecule has 65 heavy (non-hydrogen) atoms. The number of benzene rings is 1. The first kappa shape index (κ1) is 41.9. The molecule has 5 aromatic rings. The van der Waals surface area contributed by atoms with Gasteiger partial charge in [0.25, 0.3) is 11.8 Å². The van der Waals surface area contributed by atoms with Crippen molar-refractivity contribution in [2.75, 3.05) is 71.1 Å². The maximum absolute atomic E-state index is 14.2. The first-order valence-corrected chi connectivity index (χ1v) is 22.2. The second kappa shape index (κ2) is 17.1. The number of fused-ring (bicyclic) bond motifs is 10. The quantitative estimate of drug-likeness (QED) is 0.100. The topological polar surface area (TPSA) is 206 Å². The van der Waals surface area contributed by atoms with Crippen LogP contribution in [0.1, 0.15) is 54.4 Å². The number of carbonyl (C=O) groups is 4. The maximum Gasteiger partial charge on any atom is 0.259 e. The van der Waals surface area contributed by atoms with Gasteiger partial charge in [0.1, 0.15) is 12.4 Å². The van der Waals surface area contributed by atoms with E-state index >= 15 is 0 Å². The number of anilines is 2. The molecule has 7 heterocycles. The zero-order valence-electron chi connectivity index (χ0n) is 36.8. The summed E-state index contributed by atoms with van der Waals surface area (Å²) in [5.41, 5.74) is 12.8. The van der Waals surface area contributed by atoms with E-state index in [0.29, 0.717) is 81.5 Å². The Labute approximate surface area is 376 Å². The number of ether oxygens (including phenoxy) is 1. The van der Waals surface area contributed by atoms with Gasteiger partial charge in [0, 0.05) is 92.7 Å². The third-order valence-corrected chi connectivity index (χ3v) is 13.0. The molecule has 0 spiro atoms. The van der Waals surface area contributed by atoms with Crippen LogP contribution in [0.2, 0.25) is 0 Å². The van der Waals surface area contributed by atoms with Crippen molar-refractivity contribution in [1.82, 2.24) is 50.3 Å². The van der Waals surface area contributed by atoms with Gasteiger partial charge in [-0.25, -0.2) is 9.97 Å². The fourth-order valence-corrected chi connectivity index (χ4v) is 9.79. The molecule has 4 aromatic heterocycles. The van der Waals surface area contributed by atoms with Crippen molar-refractivity contribution in [3.05, 3.63) is 106 Å². The molecular formula is C48H52N12O5. The highest BCUT2D eigenvalue weighted by atomic mass is 16.5. The molecule has 17 heteroatoms. The van der Waals surface area contributed by atoms with Crippen molar-refractivity contribution in [3.63, 3.8) is 0 Å². The standard InChI is InChI=1S/C48H52N12O5/c1-5-39(61)53-36-24-59(4)25-37(36)56-48-51-23-28-7-10-30-42-33(55-45(30)43(28)57-48)13-16-60(47(42)64)17-14-40(62)52-35-20-26(8-11-38(35)65-19-18-58(2)3)34-21-31-27(22-50-34)6-9-29-41-32(54-44(29)31)12-15-49-46(41)63/h5,8,11,14,17,20-23,36-37,54-55H,1,6-7,9-10,12-13,15-16,18-19,24-25H2,2-4H3,(H,49,63)(H,52,62)(H,53,61)(H,51,56,57). The lowest BCUT2D eigenvalue weighted by Gasteiger charge is -2.25. The molecule has 10 rings (SSSR count). The fraction of sp³-hybridized carbons (Fsp3) is 0.354. The third-order valence-electron chi connectivity index (χ3n) is 13.0. The molecule has 2 aliphatic carbocycles. The Balaban J connectivity index is 0.868. The molecule has 6 N–H and O–H groups in total. The van der Waals surface area contributed by atoms with E-state index in [1.807, 2.05) is 56.6 Å². The van der Waals surface area contributed by atoms with Crippen LogP contribution in [0, 0.1) is 0 Å². The molecule has 1 aromatic carbocycles. The van der Waals surface area contributed by atoms with Gasteiger partial charge in [0.15, 0.2) is 0 Å². The Hall–Kier alpha value is -7.11. The van der Waals surface area contributed by atoms with E-state index in [1.54, 1.807) is 11.1 Å². The number of hydrogen-bond donors (Lipinski definition) is 6. The number of nitrogens with one attached hydrogen (secondary N) is 6. The number of H-pyrrole nitrogens is 2. The predicted octanol–water partition coefficient (Wildman–Crippen LogP) is 3.50. The average Bonchev–Trinajstić information content (AvgIpc) is 3.99. The molecule has 5 aliphatic rings. The Bertz CT molecular complexity index is 2810. The van der Waals surface area contributed by atoms with Crippen LogP contribution in [-0.4, -0.2) is 136 Å². The first-order chi connectivity index (χ1) is 31.5. The molecular weight excluding hydrogens is 825 g/mol. The lowest BCUT2D eigenvalue weighted by Crippen LogP contribution is -2.45. The zero-order chi connectivity index (χ0) is 44.9. The second-order valence-electron chi connectivity index (χ2n) is 17.7. The number of aromatic nitrogens is 5. The minimum absolute atomic E-state index is 0.0239. The summed E-state index contributed by atoms with van der Waals surface area (Å²) in [4.78, 5) is 80.0. The van der Waals surface area contributed by atoms with E-state index in [1.165, 1.54) is 12.2 Å². The highest BCUT2D eigenvalue weighted by Gasteiger charge is 2.36. The summed E-state index contributed by atoms with van der Waals surface area (Å²) in [5, 5.41) is 12.4. The van der Waals surface area contributed by atoms with Crippen LogP contribution >= 0.6 is 0 Å². The highest BCUT2D eigenvalue weighted by molar-refractivity contribution is 6.04. The summed E-state index contributed by atoms with van der Waals surface area (Å²) in [6, 6.07) is 7.44. The Morgan fingerprint density at radius 1 is 0.923 bits per heavy atom. The third kappa shape index (κ3) is 8.05. The summed E-state index contributed by atoms with van der Waals surface area (Å²) in [6.45, 7) is 7.05. The molecule has 0 radical (unpaired) electrons. The summed E-state index contributed by atoms with van der Waals surface area (Å²) >= 11 is 0. The minimum atomic E-state index is -0.419. The number of amides is 4. The summed E-state index contributed by atoms with van der Waals surface area (Å²) < 4.78 is 6.18. The van der Waals surface area contributed by atoms with Crippen molar-refractivity contribution in [3.8, 4) is 39.7 Å². The van der Waals surface area contributed by atoms with Gasteiger partial charge in [-0.1, -0.05) is 6.58 Å². The number of hydrogen-bond acceptors (Lipinski definition) is 11. The SMILES string of the molecule is C=CC(=O)NC1CN(C)CC1Nc1ncc2c(n1)-c1[nH]c3c(c1CC2)C(=O)N(C=CC(=O)Nc1cc(-c2cc4c(cn2)CCc2c-4[nH]c4c2C(=O)NCC4)ccc1OCCN(C)C)CC3. The summed E-state index contributed by atoms with van der Waals surface area (Å²) in [6.07, 6.45) is 12.2. The number of likely N-dealkylation sites (tertiary alicyclic amines) is 1. The normalized spacial score (nSPS) is 18.6. The Morgan fingerprint density at radius 3 is 2.52 bits per heavy atom. The number of aromatic amines is 2. The van der Waals surface area contributed by atoms with Crippen molar-refractivity contribution >= 4 is 35.3 Å². The molecule has 17 nitrogen and oxygen atoms in total. The van der Waals surface area contributed by atoms with E-state index in [-0.39, 0.29) is 29.8 Å². The van der Waals surface area contributed by atoms with Crippen molar-refractivity contribution in [2.24, 2.45) is 0 Å². The number of pyridine rings is 1. The molecule has 4 amide bonds. The minimum Gasteiger partial charge on any atom is -0.490 e. The van der Waals surface area contributed by atoms with Gasteiger partial charge in [-0.2, -0.15) is 0 Å². The Kier molecular flexibility index (Phi) is 11.0. The molecule has 2 atom stereocenters. The molecule has 334 valence electrons. The molecule has 0 saturated carbocycles. The molecule has 1 saturated heterocycles. The van der Waals surface area contributed by atoms with Crippen LogP contribution in [0.4, 0.5) is 11.6 Å². The highest BCUT2D eigenvalue weighted by Crippen LogP contribution is 2.40. The monoisotopic (exact) mass is 876 g/mol. The number of rotatable bonds is 12. The lowest BCUT2D eigenvalue weighted by atomic mass is 9.88. The molecule has 2 unspecified atom stereocenters. The molecule has 3 aliphatic heterocycles. The van der Waals surface area contributed by atoms with Crippen LogP contribution in [0.25, 0.3) is 33.9 Å². The van der Waals surface area contributed by atoms with Crippen molar-refractivity contribution in [2.45, 2.75) is 50.6 Å². The van der Waals surface area contributed by atoms with Crippen LogP contribution < -0.4 is 26.0 Å². The number of nitrogens with zero attached hydrogens (tertiary/aromatic N) is 6. The maximum atomic E-state index is 14.2. The molecule has 0 bridgehead atoms. The van der Waals surface area contributed by atoms with E-state index in [4.69, 9.17) is 14.7 Å². The number of aryl methyl sites for hydroxylation is 2. The van der Waals surface area contributed by atoms with Crippen molar-refractivity contribution < 1.29 is 23.9 Å². The Morgan fingerprint density at radius 2 is 1.69 bits per heavy atom. The van der Waals surface area contributed by atoms with E-state index in [0.717, 1.165) is 92.4 Å². The van der Waals surface area contributed by atoms with Gasteiger partial charge >= 0.3 is 0 Å². The van der Waals surface area contributed by atoms with E-state index in [2.05, 4.69) is 53.8 Å². The van der Waals surface area contributed by atoms with Crippen molar-refractivity contribution in [1.29, 1.82) is 0 Å². The van der Waals surface area contributed by atoms with Gasteiger partial charge in [-0.3, -0.25) is 24.2 Å². The van der Waals surface area contributed by atoms with E-state index in [9.17, 15) is 19.2 Å². The number of carbonyl (C=O) groups excluding carboxylic acids is 4. The van der Waals surface area contributed by atoms with Crippen LogP contribution in [-0.2, 0) is 48.1 Å². The van der Waals surface area contributed by atoms with Gasteiger partial charge in [0.2, 0.25) is 17.8 Å². The second-order valence-corrected chi connectivity index (χ2v) is 17.7. The summed E-state index contributed by atoms with van der Waals surface area (Å²) in [5.74, 6) is 0.105. The number of likely N-dealkylation sites (N-methyl/N-ethyl adjacent to an activating group) is 2. The van der Waals surface area contributed by atoms with Gasteiger partial charge < -0.3 is 50.7 Å². The van der Waals surface area contributed by atoms with Gasteiger partial charge in [0.05, 0.1) is 51.7 Å². The van der Waals surface area contributed by atoms with E-state index < -0.39 is 5.91 Å². The fourth-order valence-electron chi connectivity index (χ4n) is 9.79. The largest absolute Gasteiger partial charge is 0.490 e. The molecule has 1 fully saturated rings. The average molecular weight is 877 g/mol. The summed E-state index contributed by atoms with van der Waals surface area (Å²) in [7, 11) is 5.94. The smallest absolute Gasteiger partial charge is 0.259 e. The van der Waals surface area contributed by atoms with Gasteiger partial charge in [-0.15, -0.1) is 0 Å².